The Morgan fingerprint density at radius 3 is 2.11 bits per heavy atom. The Kier molecular flexibility index (Phi) is 9.22. The van der Waals surface area contributed by atoms with Crippen molar-refractivity contribution in [3.05, 3.63) is 81.0 Å². The minimum Gasteiger partial charge on any atom is -0.480 e. The van der Waals surface area contributed by atoms with Crippen LogP contribution in [0.5, 0.6) is 0 Å². The van der Waals surface area contributed by atoms with Crippen molar-refractivity contribution in [1.29, 1.82) is 0 Å². The Labute approximate surface area is 220 Å². The number of nitrogens with zero attached hydrogens (tertiary/aromatic N) is 1. The number of carboxylic acid groups (broad SMARTS) is 1. The average Bonchev–Trinajstić information content (AvgIpc) is 2.89. The Bertz CT molecular complexity index is 1410. The van der Waals surface area contributed by atoms with Gasteiger partial charge in [0.1, 0.15) is 18.1 Å². The van der Waals surface area contributed by atoms with Gasteiger partial charge in [-0.15, -0.1) is 0 Å². The van der Waals surface area contributed by atoms with Crippen molar-refractivity contribution in [2.75, 3.05) is 0 Å². The van der Waals surface area contributed by atoms with Crippen LogP contribution in [0.1, 0.15) is 45.7 Å². The highest BCUT2D eigenvalue weighted by molar-refractivity contribution is 5.92. The van der Waals surface area contributed by atoms with E-state index >= 15 is 0 Å². The molecule has 1 unspecified atom stereocenters. The molecule has 0 radical (unpaired) electrons. The van der Waals surface area contributed by atoms with Gasteiger partial charge in [-0.1, -0.05) is 76.6 Å². The van der Waals surface area contributed by atoms with Crippen molar-refractivity contribution in [2.24, 2.45) is 11.8 Å². The van der Waals surface area contributed by atoms with Crippen LogP contribution < -0.4 is 21.9 Å². The van der Waals surface area contributed by atoms with Crippen molar-refractivity contribution in [2.45, 2.75) is 58.7 Å². The molecule has 0 fully saturated rings. The molecule has 4 N–H and O–H groups in total. The first-order valence-electron chi connectivity index (χ1n) is 12.7. The van der Waals surface area contributed by atoms with Gasteiger partial charge >= 0.3 is 11.7 Å². The second kappa shape index (κ2) is 12.4. The van der Waals surface area contributed by atoms with Gasteiger partial charge in [0.2, 0.25) is 11.8 Å². The van der Waals surface area contributed by atoms with E-state index in [0.717, 1.165) is 4.57 Å². The summed E-state index contributed by atoms with van der Waals surface area (Å²) in [6, 6.07) is 12.0. The number of para-hydroxylation sites is 1. The fourth-order valence-corrected chi connectivity index (χ4v) is 4.31. The van der Waals surface area contributed by atoms with Crippen molar-refractivity contribution in [3.8, 4) is 0 Å². The molecule has 0 aliphatic carbocycles. The Balaban J connectivity index is 2.04. The maximum atomic E-state index is 13.8. The minimum atomic E-state index is -1.27. The fourth-order valence-electron chi connectivity index (χ4n) is 4.31. The van der Waals surface area contributed by atoms with Gasteiger partial charge in [-0.25, -0.2) is 14.2 Å². The van der Waals surface area contributed by atoms with Crippen LogP contribution >= 0.6 is 0 Å². The van der Waals surface area contributed by atoms with E-state index in [1.807, 2.05) is 13.0 Å². The van der Waals surface area contributed by atoms with Gasteiger partial charge in [-0.2, -0.15) is 0 Å². The van der Waals surface area contributed by atoms with Crippen LogP contribution in [0.3, 0.4) is 0 Å². The molecule has 0 aliphatic heterocycles. The summed E-state index contributed by atoms with van der Waals surface area (Å²) in [6.45, 7) is 6.94. The lowest BCUT2D eigenvalue weighted by atomic mass is 9.96. The molecule has 0 saturated heterocycles. The van der Waals surface area contributed by atoms with Gasteiger partial charge in [0.15, 0.2) is 0 Å². The highest BCUT2D eigenvalue weighted by atomic mass is 16.4. The summed E-state index contributed by atoms with van der Waals surface area (Å²) in [6.07, 6.45) is 0.532. The number of fused-ring (bicyclic) bond motifs is 1. The van der Waals surface area contributed by atoms with E-state index in [2.05, 4.69) is 15.6 Å². The zero-order valence-corrected chi connectivity index (χ0v) is 21.9. The molecular formula is C28H34N4O6. The first-order valence-corrected chi connectivity index (χ1v) is 12.7. The largest absolute Gasteiger partial charge is 0.480 e. The smallest absolute Gasteiger partial charge is 0.329 e. The lowest BCUT2D eigenvalue weighted by Gasteiger charge is -2.28. The number of rotatable bonds is 11. The second-order valence-corrected chi connectivity index (χ2v) is 9.80. The topological polar surface area (TPSA) is 150 Å². The Morgan fingerprint density at radius 2 is 1.50 bits per heavy atom. The summed E-state index contributed by atoms with van der Waals surface area (Å²) in [5, 5.41) is 15.0. The first kappa shape index (κ1) is 28.4. The third kappa shape index (κ3) is 6.37. The standard InChI is InChI=1S/C28H34N4O6/c1-5-17(4)23(25(34)30-22(16(2)3)27(36)37)31-24(33)21(15-18-11-7-6-8-12-18)32-26(35)19-13-9-10-14-20(19)29-28(32)38/h6-14,16-17,21-23H,5,15H2,1-4H3,(H,29,38)(H,30,34)(H,31,33)(H,36,37)/t17?,21-,22-,23+/m1/s1. The normalized spacial score (nSPS) is 14.4. The van der Waals surface area contributed by atoms with E-state index in [4.69, 9.17) is 0 Å². The quantitative estimate of drug-likeness (QED) is 0.303. The number of aromatic amines is 1. The highest BCUT2D eigenvalue weighted by Gasteiger charge is 2.34. The molecule has 0 spiro atoms. The van der Waals surface area contributed by atoms with Gasteiger partial charge < -0.3 is 20.7 Å². The number of hydrogen-bond donors (Lipinski definition) is 4. The molecule has 3 aromatic rings. The number of benzene rings is 2. The number of hydrogen-bond acceptors (Lipinski definition) is 5. The van der Waals surface area contributed by atoms with Gasteiger partial charge in [0, 0.05) is 6.42 Å². The van der Waals surface area contributed by atoms with E-state index < -0.39 is 47.2 Å². The zero-order chi connectivity index (χ0) is 28.0. The van der Waals surface area contributed by atoms with Crippen molar-refractivity contribution in [3.63, 3.8) is 0 Å². The Hall–Kier alpha value is -4.21. The monoisotopic (exact) mass is 522 g/mol. The second-order valence-electron chi connectivity index (χ2n) is 9.80. The van der Waals surface area contributed by atoms with Crippen LogP contribution in [0.2, 0.25) is 0 Å². The predicted octanol–water partition coefficient (Wildman–Crippen LogP) is 2.23. The maximum Gasteiger partial charge on any atom is 0.329 e. The molecule has 0 bridgehead atoms. The summed E-state index contributed by atoms with van der Waals surface area (Å²) >= 11 is 0. The first-order chi connectivity index (χ1) is 18.0. The van der Waals surface area contributed by atoms with Crippen LogP contribution in [-0.4, -0.2) is 44.5 Å². The lowest BCUT2D eigenvalue weighted by molar-refractivity contribution is -0.143. The summed E-state index contributed by atoms with van der Waals surface area (Å²) in [5.74, 6) is -3.27. The molecule has 38 heavy (non-hydrogen) atoms. The molecule has 0 aliphatic rings. The molecule has 10 nitrogen and oxygen atoms in total. The van der Waals surface area contributed by atoms with E-state index in [0.29, 0.717) is 17.5 Å². The molecule has 4 atom stereocenters. The zero-order valence-electron chi connectivity index (χ0n) is 21.9. The van der Waals surface area contributed by atoms with Crippen LogP contribution in [0.15, 0.2) is 64.2 Å². The molecule has 10 heteroatoms. The summed E-state index contributed by atoms with van der Waals surface area (Å²) in [7, 11) is 0. The van der Waals surface area contributed by atoms with Gasteiger partial charge in [-0.05, 0) is 29.5 Å². The SMILES string of the molecule is CCC(C)[C@H](NC(=O)[C@@H](Cc1ccccc1)n1c(=O)[nH]c2ccccc2c1=O)C(=O)N[C@@H](C(=O)O)C(C)C. The number of carboxylic acids is 1. The van der Waals surface area contributed by atoms with Crippen LogP contribution in [0.25, 0.3) is 10.9 Å². The average molecular weight is 523 g/mol. The highest BCUT2D eigenvalue weighted by Crippen LogP contribution is 2.16. The van der Waals surface area contributed by atoms with Crippen LogP contribution in [-0.2, 0) is 20.8 Å². The molecule has 202 valence electrons. The van der Waals surface area contributed by atoms with Gasteiger partial charge in [-0.3, -0.25) is 14.4 Å². The third-order valence-electron chi connectivity index (χ3n) is 6.75. The van der Waals surface area contributed by atoms with E-state index in [-0.39, 0.29) is 23.6 Å². The predicted molar refractivity (Wildman–Crippen MR) is 144 cm³/mol. The molecule has 1 heterocycles. The number of carbonyl (C=O) groups is 3. The van der Waals surface area contributed by atoms with E-state index in [9.17, 15) is 29.1 Å². The summed E-state index contributed by atoms with van der Waals surface area (Å²) < 4.78 is 0.879. The summed E-state index contributed by atoms with van der Waals surface area (Å²) in [4.78, 5) is 67.8. The van der Waals surface area contributed by atoms with Crippen molar-refractivity contribution < 1.29 is 19.5 Å². The number of H-pyrrole nitrogens is 1. The number of nitrogens with one attached hydrogen (secondary N) is 3. The number of aliphatic carboxylic acids is 1. The fraction of sp³-hybridized carbons (Fsp3) is 0.393. The third-order valence-corrected chi connectivity index (χ3v) is 6.75. The molecule has 2 amide bonds. The van der Waals surface area contributed by atoms with Crippen LogP contribution in [0, 0.1) is 11.8 Å². The molecular weight excluding hydrogens is 488 g/mol. The van der Waals surface area contributed by atoms with Crippen molar-refractivity contribution in [1.82, 2.24) is 20.2 Å². The lowest BCUT2D eigenvalue weighted by Crippen LogP contribution is -2.57. The Morgan fingerprint density at radius 1 is 0.895 bits per heavy atom. The van der Waals surface area contributed by atoms with Crippen molar-refractivity contribution >= 4 is 28.7 Å². The number of carbonyl (C=O) groups excluding carboxylic acids is 2. The van der Waals surface area contributed by atoms with Crippen LogP contribution in [0.4, 0.5) is 0 Å². The molecule has 3 rings (SSSR count). The van der Waals surface area contributed by atoms with Gasteiger partial charge in [0.25, 0.3) is 5.56 Å². The number of aromatic nitrogens is 2. The van der Waals surface area contributed by atoms with E-state index in [1.54, 1.807) is 69.3 Å². The molecule has 0 saturated carbocycles. The van der Waals surface area contributed by atoms with Gasteiger partial charge in [0.05, 0.1) is 10.9 Å². The van der Waals surface area contributed by atoms with E-state index in [1.165, 1.54) is 0 Å². The molecule has 2 aromatic carbocycles. The minimum absolute atomic E-state index is 0.0204. The number of amides is 2. The maximum absolute atomic E-state index is 13.8. The molecule has 1 aromatic heterocycles. The summed E-state index contributed by atoms with van der Waals surface area (Å²) in [5.41, 5.74) is -0.318.